The van der Waals surface area contributed by atoms with Crippen LogP contribution in [0.1, 0.15) is 28.7 Å². The molecule has 1 heterocycles. The van der Waals surface area contributed by atoms with Crippen LogP contribution in [0.2, 0.25) is 0 Å². The first-order chi connectivity index (χ1) is 9.56. The molecule has 1 amide bonds. The first kappa shape index (κ1) is 20.9. The topological polar surface area (TPSA) is 68.0 Å². The monoisotopic (exact) mass is 361 g/mol. The Bertz CT molecular complexity index is 602. The van der Waals surface area contributed by atoms with E-state index >= 15 is 0 Å². The Labute approximate surface area is 147 Å². The number of hydrogen-bond donors (Lipinski definition) is 2. The molecule has 0 fully saturated rings. The highest BCUT2D eigenvalue weighted by atomic mass is 35.5. The molecule has 0 spiro atoms. The van der Waals surface area contributed by atoms with Crippen LogP contribution in [-0.2, 0) is 0 Å². The number of amides is 1. The number of nitrogens with one attached hydrogen (secondary N) is 1. The van der Waals surface area contributed by atoms with Crippen molar-refractivity contribution in [1.29, 1.82) is 0 Å². The molecule has 1 atom stereocenters. The second-order valence-corrected chi connectivity index (χ2v) is 5.92. The molecule has 0 aliphatic carbocycles. The second kappa shape index (κ2) is 9.79. The quantitative estimate of drug-likeness (QED) is 0.856. The summed E-state index contributed by atoms with van der Waals surface area (Å²) in [6.07, 6.45) is 0.775. The molecular weight excluding hydrogens is 341 g/mol. The van der Waals surface area contributed by atoms with Crippen molar-refractivity contribution in [2.24, 2.45) is 5.73 Å². The fourth-order valence-corrected chi connectivity index (χ4v) is 2.45. The van der Waals surface area contributed by atoms with Crippen LogP contribution >= 0.6 is 36.2 Å². The Morgan fingerprint density at radius 1 is 1.41 bits per heavy atom. The summed E-state index contributed by atoms with van der Waals surface area (Å²) >= 11 is 1.61. The third-order valence-corrected chi connectivity index (χ3v) is 3.70. The highest BCUT2D eigenvalue weighted by Gasteiger charge is 2.08. The van der Waals surface area contributed by atoms with Gasteiger partial charge in [0.25, 0.3) is 5.91 Å². The van der Waals surface area contributed by atoms with E-state index in [0.29, 0.717) is 12.1 Å². The van der Waals surface area contributed by atoms with Crippen molar-refractivity contribution in [2.75, 3.05) is 6.54 Å². The Morgan fingerprint density at radius 3 is 2.73 bits per heavy atom. The number of aryl methyl sites for hydroxylation is 1. The van der Waals surface area contributed by atoms with Gasteiger partial charge in [0, 0.05) is 29.1 Å². The Kier molecular flexibility index (Phi) is 9.28. The SMILES string of the molecule is Cc1nc(-c2cccc(C(=O)NCCC(C)N)c2)cs1.Cl.Cl. The molecular formula is C15H21Cl2N3OS. The third kappa shape index (κ3) is 5.93. The summed E-state index contributed by atoms with van der Waals surface area (Å²) < 4.78 is 0. The number of carbonyl (C=O) groups excluding carboxylic acids is 1. The third-order valence-electron chi connectivity index (χ3n) is 2.92. The fourth-order valence-electron chi connectivity index (χ4n) is 1.83. The van der Waals surface area contributed by atoms with Gasteiger partial charge in [-0.2, -0.15) is 0 Å². The lowest BCUT2D eigenvalue weighted by Gasteiger charge is -2.08. The Balaban J connectivity index is 0.00000220. The average Bonchev–Trinajstić information content (AvgIpc) is 2.85. The van der Waals surface area contributed by atoms with Crippen LogP contribution in [0.15, 0.2) is 29.6 Å². The summed E-state index contributed by atoms with van der Waals surface area (Å²) in [5.41, 5.74) is 8.19. The molecule has 122 valence electrons. The maximum atomic E-state index is 12.0. The molecule has 22 heavy (non-hydrogen) atoms. The summed E-state index contributed by atoms with van der Waals surface area (Å²) in [5.74, 6) is -0.0700. The van der Waals surface area contributed by atoms with E-state index in [1.54, 1.807) is 11.3 Å². The molecule has 4 nitrogen and oxygen atoms in total. The lowest BCUT2D eigenvalue weighted by Crippen LogP contribution is -2.28. The molecule has 1 aromatic heterocycles. The van der Waals surface area contributed by atoms with Crippen molar-refractivity contribution < 1.29 is 4.79 Å². The molecule has 1 aromatic carbocycles. The Morgan fingerprint density at radius 2 is 2.14 bits per heavy atom. The summed E-state index contributed by atoms with van der Waals surface area (Å²) in [7, 11) is 0. The normalized spacial score (nSPS) is 11.0. The number of thiazole rings is 1. The van der Waals surface area contributed by atoms with Crippen LogP contribution in [-0.4, -0.2) is 23.5 Å². The van der Waals surface area contributed by atoms with E-state index in [9.17, 15) is 4.79 Å². The zero-order valence-electron chi connectivity index (χ0n) is 12.5. The highest BCUT2D eigenvalue weighted by molar-refractivity contribution is 7.09. The van der Waals surface area contributed by atoms with Crippen molar-refractivity contribution in [1.82, 2.24) is 10.3 Å². The Hall–Kier alpha value is -1.14. The summed E-state index contributed by atoms with van der Waals surface area (Å²) in [4.78, 5) is 16.5. The van der Waals surface area contributed by atoms with Crippen LogP contribution in [0.4, 0.5) is 0 Å². The second-order valence-electron chi connectivity index (χ2n) is 4.85. The van der Waals surface area contributed by atoms with Gasteiger partial charge < -0.3 is 11.1 Å². The minimum absolute atomic E-state index is 0. The fraction of sp³-hybridized carbons (Fsp3) is 0.333. The number of aromatic nitrogens is 1. The number of hydrogen-bond acceptors (Lipinski definition) is 4. The molecule has 0 saturated carbocycles. The smallest absolute Gasteiger partial charge is 0.251 e. The van der Waals surface area contributed by atoms with Gasteiger partial charge in [-0.3, -0.25) is 4.79 Å². The van der Waals surface area contributed by atoms with Gasteiger partial charge in [0.05, 0.1) is 10.7 Å². The lowest BCUT2D eigenvalue weighted by atomic mass is 10.1. The first-order valence-corrected chi connectivity index (χ1v) is 7.50. The van der Waals surface area contributed by atoms with Crippen molar-refractivity contribution in [3.8, 4) is 11.3 Å². The molecule has 2 aromatic rings. The maximum absolute atomic E-state index is 12.0. The number of benzene rings is 1. The highest BCUT2D eigenvalue weighted by Crippen LogP contribution is 2.22. The van der Waals surface area contributed by atoms with Crippen LogP contribution in [0, 0.1) is 6.92 Å². The number of rotatable bonds is 5. The van der Waals surface area contributed by atoms with Crippen molar-refractivity contribution >= 4 is 42.1 Å². The van der Waals surface area contributed by atoms with Crippen LogP contribution in [0.3, 0.4) is 0 Å². The van der Waals surface area contributed by atoms with Crippen molar-refractivity contribution in [3.63, 3.8) is 0 Å². The summed E-state index contributed by atoms with van der Waals surface area (Å²) in [6, 6.07) is 7.62. The van der Waals surface area contributed by atoms with E-state index in [2.05, 4.69) is 10.3 Å². The van der Waals surface area contributed by atoms with Gasteiger partial charge in [0.15, 0.2) is 0 Å². The van der Waals surface area contributed by atoms with E-state index < -0.39 is 0 Å². The molecule has 0 aliphatic rings. The van der Waals surface area contributed by atoms with Gasteiger partial charge in [-0.15, -0.1) is 36.2 Å². The number of nitrogens with zero attached hydrogens (tertiary/aromatic N) is 1. The standard InChI is InChI=1S/C15H19N3OS.2ClH/c1-10(16)6-7-17-15(19)13-5-3-4-12(8-13)14-9-20-11(2)18-14;;/h3-5,8-10H,6-7,16H2,1-2H3,(H,17,19);2*1H. The van der Waals surface area contributed by atoms with Gasteiger partial charge in [0.2, 0.25) is 0 Å². The minimum atomic E-state index is -0.0700. The predicted octanol–water partition coefficient (Wildman–Crippen LogP) is 3.43. The summed E-state index contributed by atoms with van der Waals surface area (Å²) in [6.45, 7) is 4.49. The van der Waals surface area contributed by atoms with E-state index in [1.807, 2.05) is 43.5 Å². The van der Waals surface area contributed by atoms with Crippen LogP contribution in [0.25, 0.3) is 11.3 Å². The van der Waals surface area contributed by atoms with E-state index in [-0.39, 0.29) is 36.8 Å². The molecule has 0 bridgehead atoms. The number of carbonyl (C=O) groups is 1. The van der Waals surface area contributed by atoms with Gasteiger partial charge in [-0.25, -0.2) is 4.98 Å². The van der Waals surface area contributed by atoms with Gasteiger partial charge in [0.1, 0.15) is 0 Å². The molecule has 2 rings (SSSR count). The van der Waals surface area contributed by atoms with Crippen molar-refractivity contribution in [3.05, 3.63) is 40.2 Å². The number of halogens is 2. The lowest BCUT2D eigenvalue weighted by molar-refractivity contribution is 0.0953. The predicted molar refractivity (Wildman–Crippen MR) is 97.4 cm³/mol. The minimum Gasteiger partial charge on any atom is -0.352 e. The zero-order chi connectivity index (χ0) is 14.5. The van der Waals surface area contributed by atoms with Crippen molar-refractivity contribution in [2.45, 2.75) is 26.3 Å². The molecule has 7 heteroatoms. The number of nitrogens with two attached hydrogens (primary N) is 1. The van der Waals surface area contributed by atoms with Crippen LogP contribution < -0.4 is 11.1 Å². The summed E-state index contributed by atoms with van der Waals surface area (Å²) in [5, 5.41) is 5.90. The van der Waals surface area contributed by atoms with E-state index in [4.69, 9.17) is 5.73 Å². The van der Waals surface area contributed by atoms with Gasteiger partial charge in [-0.1, -0.05) is 12.1 Å². The first-order valence-electron chi connectivity index (χ1n) is 6.62. The molecule has 3 N–H and O–H groups in total. The van der Waals surface area contributed by atoms with Gasteiger partial charge >= 0.3 is 0 Å². The zero-order valence-corrected chi connectivity index (χ0v) is 15.0. The van der Waals surface area contributed by atoms with E-state index in [1.165, 1.54) is 0 Å². The molecule has 0 saturated heterocycles. The largest absolute Gasteiger partial charge is 0.352 e. The molecule has 0 radical (unpaired) electrons. The maximum Gasteiger partial charge on any atom is 0.251 e. The van der Waals surface area contributed by atoms with Crippen LogP contribution in [0.5, 0.6) is 0 Å². The average molecular weight is 362 g/mol. The van der Waals surface area contributed by atoms with Gasteiger partial charge in [-0.05, 0) is 32.4 Å². The molecule has 0 aliphatic heterocycles. The molecule has 1 unspecified atom stereocenters. The van der Waals surface area contributed by atoms with E-state index in [0.717, 1.165) is 22.7 Å².